The van der Waals surface area contributed by atoms with E-state index in [1.54, 1.807) is 0 Å². The van der Waals surface area contributed by atoms with E-state index < -0.39 is 0 Å². The molecule has 0 aromatic heterocycles. The fourth-order valence-electron chi connectivity index (χ4n) is 11.6. The molecule has 3 aliphatic rings. The smallest absolute Gasteiger partial charge is 0.0159 e. The van der Waals surface area contributed by atoms with E-state index in [9.17, 15) is 0 Å². The largest absolute Gasteiger partial charge is 0.0619 e. The molecule has 0 spiro atoms. The third kappa shape index (κ3) is 4.74. The van der Waals surface area contributed by atoms with E-state index in [0.29, 0.717) is 5.92 Å². The van der Waals surface area contributed by atoms with Crippen molar-refractivity contribution in [1.29, 1.82) is 0 Å². The average Bonchev–Trinajstić information content (AvgIpc) is 3.73. The molecule has 0 bridgehead atoms. The van der Waals surface area contributed by atoms with Crippen LogP contribution in [-0.2, 0) is 16.2 Å². The summed E-state index contributed by atoms with van der Waals surface area (Å²) in [5, 5.41) is 7.87. The molecule has 0 saturated carbocycles. The molecule has 0 amide bonds. The minimum Gasteiger partial charge on any atom is -0.0619 e. The second-order valence-electron chi connectivity index (χ2n) is 19.9. The van der Waals surface area contributed by atoms with Gasteiger partial charge in [0.05, 0.1) is 0 Å². The van der Waals surface area contributed by atoms with Gasteiger partial charge in [-0.15, -0.1) is 0 Å². The van der Waals surface area contributed by atoms with Crippen molar-refractivity contribution in [2.75, 3.05) is 0 Å². The van der Waals surface area contributed by atoms with Gasteiger partial charge in [-0.25, -0.2) is 0 Å². The average molecular weight is 771 g/mol. The van der Waals surface area contributed by atoms with Crippen molar-refractivity contribution in [3.05, 3.63) is 191 Å². The zero-order valence-electron chi connectivity index (χ0n) is 36.0. The summed E-state index contributed by atoms with van der Waals surface area (Å²) in [6.45, 7) is 18.9. The van der Waals surface area contributed by atoms with Crippen molar-refractivity contribution in [1.82, 2.24) is 0 Å². The standard InChI is InChI=1S/C60H50/c1-34(2)36-16-23-48-51-33-50-41(32-57(51)60(7,8)53(48)28-36)20-22-42-43(50)21-15-35-13-14-37(27-49(35)42)38-17-25-46-47-26-19-40(31-56(47)59(5,6)55(46)29-38)39-18-24-45-44-11-9-10-12-52(44)58(3,4)54(45)30-39/h9-34H,1-8H3. The number of rotatable bonds is 3. The summed E-state index contributed by atoms with van der Waals surface area (Å²) < 4.78 is 0. The number of hydrogen-bond acceptors (Lipinski definition) is 0. The maximum atomic E-state index is 2.49. The summed E-state index contributed by atoms with van der Waals surface area (Å²) in [5.74, 6) is 0.512. The summed E-state index contributed by atoms with van der Waals surface area (Å²) >= 11 is 0. The number of fused-ring (bicyclic) bond motifs is 14. The van der Waals surface area contributed by atoms with Crippen LogP contribution >= 0.6 is 0 Å². The Labute approximate surface area is 354 Å². The second-order valence-corrected chi connectivity index (χ2v) is 19.9. The van der Waals surface area contributed by atoms with Gasteiger partial charge in [-0.2, -0.15) is 0 Å². The van der Waals surface area contributed by atoms with E-state index in [4.69, 9.17) is 0 Å². The molecule has 0 N–H and O–H groups in total. The van der Waals surface area contributed by atoms with E-state index >= 15 is 0 Å². The summed E-state index contributed by atoms with van der Waals surface area (Å²) in [5.41, 5.74) is 23.1. The molecule has 0 fully saturated rings. The van der Waals surface area contributed by atoms with Crippen molar-refractivity contribution in [2.45, 2.75) is 77.6 Å². The highest BCUT2D eigenvalue weighted by Gasteiger charge is 2.39. The molecule has 0 heteroatoms. The molecule has 0 radical (unpaired) electrons. The highest BCUT2D eigenvalue weighted by molar-refractivity contribution is 6.18. The molecular formula is C60H50. The van der Waals surface area contributed by atoms with Gasteiger partial charge in [-0.3, -0.25) is 0 Å². The monoisotopic (exact) mass is 770 g/mol. The first-order chi connectivity index (χ1) is 28.8. The van der Waals surface area contributed by atoms with Crippen molar-refractivity contribution in [2.24, 2.45) is 0 Å². The lowest BCUT2D eigenvalue weighted by Gasteiger charge is -2.23. The van der Waals surface area contributed by atoms with E-state index in [1.807, 2.05) is 0 Å². The quantitative estimate of drug-likeness (QED) is 0.157. The van der Waals surface area contributed by atoms with Crippen LogP contribution < -0.4 is 0 Å². The third-order valence-electron chi connectivity index (χ3n) is 15.2. The minimum atomic E-state index is -0.130. The van der Waals surface area contributed by atoms with Crippen LogP contribution in [0, 0.1) is 0 Å². The van der Waals surface area contributed by atoms with E-state index in [0.717, 1.165) is 0 Å². The lowest BCUT2D eigenvalue weighted by Crippen LogP contribution is -2.15. The first kappa shape index (κ1) is 35.7. The lowest BCUT2D eigenvalue weighted by molar-refractivity contribution is 0.658. The Morgan fingerprint density at radius 3 is 1.32 bits per heavy atom. The van der Waals surface area contributed by atoms with Gasteiger partial charge in [0.2, 0.25) is 0 Å². The molecule has 0 heterocycles. The van der Waals surface area contributed by atoms with Crippen LogP contribution in [0.3, 0.4) is 0 Å². The molecule has 60 heavy (non-hydrogen) atoms. The SMILES string of the molecule is CC(C)c1ccc2c(c1)C(C)(C)c1cc3ccc4c5cc(-c6ccc7c(c6)C(C)(C)c6cc(-c8ccc9c(c8)C(C)(C)c8ccccc8-9)ccc6-7)ccc5ccc4c3cc1-2. The minimum absolute atomic E-state index is 0.0180. The van der Waals surface area contributed by atoms with E-state index in [1.165, 1.54) is 127 Å². The highest BCUT2D eigenvalue weighted by atomic mass is 14.4. The van der Waals surface area contributed by atoms with E-state index in [2.05, 4.69) is 207 Å². The zero-order chi connectivity index (χ0) is 41.0. The first-order valence-electron chi connectivity index (χ1n) is 21.9. The van der Waals surface area contributed by atoms with Gasteiger partial charge < -0.3 is 0 Å². The molecule has 290 valence electrons. The third-order valence-corrected chi connectivity index (χ3v) is 15.2. The maximum absolute atomic E-state index is 2.49. The number of benzene rings is 9. The van der Waals surface area contributed by atoms with Crippen LogP contribution in [0.15, 0.2) is 152 Å². The van der Waals surface area contributed by atoms with Gasteiger partial charge in [-0.05, 0) is 169 Å². The summed E-state index contributed by atoms with van der Waals surface area (Å²) in [6, 6.07) is 59.0. The van der Waals surface area contributed by atoms with Crippen LogP contribution in [0.5, 0.6) is 0 Å². The van der Waals surface area contributed by atoms with Crippen LogP contribution in [0.2, 0.25) is 0 Å². The van der Waals surface area contributed by atoms with Crippen LogP contribution in [0.4, 0.5) is 0 Å². The molecule has 9 aromatic carbocycles. The van der Waals surface area contributed by atoms with Gasteiger partial charge >= 0.3 is 0 Å². The fraction of sp³-hybridized carbons (Fsp3) is 0.200. The molecule has 0 nitrogen and oxygen atoms in total. The Morgan fingerprint density at radius 2 is 0.717 bits per heavy atom. The number of hydrogen-bond donors (Lipinski definition) is 0. The molecule has 12 rings (SSSR count). The Hall–Kier alpha value is -6.24. The fourth-order valence-corrected chi connectivity index (χ4v) is 11.6. The molecule has 3 aliphatic carbocycles. The van der Waals surface area contributed by atoms with Crippen molar-refractivity contribution < 1.29 is 0 Å². The molecule has 0 unspecified atom stereocenters. The zero-order valence-corrected chi connectivity index (χ0v) is 36.0. The van der Waals surface area contributed by atoms with Gasteiger partial charge in [0.1, 0.15) is 0 Å². The normalized spacial score (nSPS) is 15.9. The molecule has 0 atom stereocenters. The van der Waals surface area contributed by atoms with Crippen molar-refractivity contribution >= 4 is 32.3 Å². The summed E-state index contributed by atoms with van der Waals surface area (Å²) in [7, 11) is 0. The van der Waals surface area contributed by atoms with Gasteiger partial charge in [0.15, 0.2) is 0 Å². The Morgan fingerprint density at radius 1 is 0.300 bits per heavy atom. The van der Waals surface area contributed by atoms with Gasteiger partial charge in [0.25, 0.3) is 0 Å². The van der Waals surface area contributed by atoms with Crippen LogP contribution in [-0.4, -0.2) is 0 Å². The Balaban J connectivity index is 0.923. The summed E-state index contributed by atoms with van der Waals surface area (Å²) in [4.78, 5) is 0. The van der Waals surface area contributed by atoms with Crippen LogP contribution in [0.25, 0.3) is 88.0 Å². The molecule has 0 saturated heterocycles. The van der Waals surface area contributed by atoms with Crippen molar-refractivity contribution in [3.8, 4) is 55.6 Å². The topological polar surface area (TPSA) is 0 Å². The predicted octanol–water partition coefficient (Wildman–Crippen LogP) is 16.5. The van der Waals surface area contributed by atoms with Crippen molar-refractivity contribution in [3.63, 3.8) is 0 Å². The van der Waals surface area contributed by atoms with E-state index in [-0.39, 0.29) is 16.2 Å². The summed E-state index contributed by atoms with van der Waals surface area (Å²) in [6.07, 6.45) is 0. The Kier molecular flexibility index (Phi) is 7.11. The second kappa shape index (κ2) is 11.9. The predicted molar refractivity (Wildman–Crippen MR) is 257 cm³/mol. The molecule has 0 aliphatic heterocycles. The first-order valence-corrected chi connectivity index (χ1v) is 21.9. The van der Waals surface area contributed by atoms with Crippen LogP contribution in [0.1, 0.15) is 100 Å². The highest BCUT2D eigenvalue weighted by Crippen LogP contribution is 2.54. The Bertz CT molecular complexity index is 3360. The van der Waals surface area contributed by atoms with Gasteiger partial charge in [0, 0.05) is 16.2 Å². The van der Waals surface area contributed by atoms with Gasteiger partial charge in [-0.1, -0.05) is 171 Å². The maximum Gasteiger partial charge on any atom is 0.0159 e. The lowest BCUT2D eigenvalue weighted by atomic mass is 9.80. The molecular weight excluding hydrogens is 721 g/mol. The molecule has 9 aromatic rings.